The van der Waals surface area contributed by atoms with E-state index in [0.717, 1.165) is 12.8 Å². The van der Waals surface area contributed by atoms with Crippen LogP contribution in [0.3, 0.4) is 0 Å². The van der Waals surface area contributed by atoms with E-state index >= 15 is 0 Å². The van der Waals surface area contributed by atoms with E-state index in [0.29, 0.717) is 38.6 Å². The number of nitrogens with one attached hydrogen (secondary N) is 1. The first-order valence-electron chi connectivity index (χ1n) is 6.89. The maximum atomic E-state index is 11.7. The van der Waals surface area contributed by atoms with Crippen LogP contribution in [0.4, 0.5) is 0 Å². The minimum Gasteiger partial charge on any atom is -0.380 e. The van der Waals surface area contributed by atoms with Gasteiger partial charge in [-0.15, -0.1) is 0 Å². The fourth-order valence-electron chi connectivity index (χ4n) is 2.09. The number of ether oxygens (including phenoxy) is 1. The van der Waals surface area contributed by atoms with Crippen LogP contribution in [0.2, 0.25) is 0 Å². The molecular weight excluding hydrogens is 228 g/mol. The Bertz CT molecular complexity index is 224. The van der Waals surface area contributed by atoms with Crippen molar-refractivity contribution in [3.63, 3.8) is 0 Å². The molecule has 18 heavy (non-hydrogen) atoms. The summed E-state index contributed by atoms with van der Waals surface area (Å²) in [6.45, 7) is 11.2. The Hall–Kier alpha value is -0.610. The molecular formula is C14H30N2O2. The van der Waals surface area contributed by atoms with E-state index in [1.807, 2.05) is 0 Å². The highest BCUT2D eigenvalue weighted by Gasteiger charge is 2.17. The minimum atomic E-state index is 0.144. The van der Waals surface area contributed by atoms with E-state index in [2.05, 4.69) is 33.0 Å². The Morgan fingerprint density at radius 2 is 2.00 bits per heavy atom. The number of amides is 1. The van der Waals surface area contributed by atoms with Crippen LogP contribution in [0, 0.1) is 11.3 Å². The third-order valence-corrected chi connectivity index (χ3v) is 2.54. The molecule has 4 nitrogen and oxygen atoms in total. The van der Waals surface area contributed by atoms with Crippen molar-refractivity contribution in [3.05, 3.63) is 0 Å². The summed E-state index contributed by atoms with van der Waals surface area (Å²) < 4.78 is 5.24. The van der Waals surface area contributed by atoms with Crippen LogP contribution in [-0.4, -0.2) is 32.2 Å². The lowest BCUT2D eigenvalue weighted by atomic mass is 9.84. The van der Waals surface area contributed by atoms with E-state index < -0.39 is 0 Å². The molecule has 0 saturated carbocycles. The molecule has 0 heterocycles. The topological polar surface area (TPSA) is 64.3 Å². The molecule has 0 aromatic heterocycles. The molecule has 0 spiro atoms. The Balaban J connectivity index is 3.53. The minimum absolute atomic E-state index is 0.144. The first kappa shape index (κ1) is 17.4. The van der Waals surface area contributed by atoms with E-state index in [9.17, 15) is 4.79 Å². The van der Waals surface area contributed by atoms with Crippen LogP contribution in [0.5, 0.6) is 0 Å². The van der Waals surface area contributed by atoms with Crippen molar-refractivity contribution >= 4 is 5.91 Å². The highest BCUT2D eigenvalue weighted by atomic mass is 16.5. The smallest absolute Gasteiger partial charge is 0.220 e. The van der Waals surface area contributed by atoms with Gasteiger partial charge in [0.1, 0.15) is 0 Å². The van der Waals surface area contributed by atoms with Gasteiger partial charge in [0.25, 0.3) is 0 Å². The standard InChI is InChI=1S/C14H30N2O2/c1-12(11-14(2,3)4)10-13(17)16-7-5-8-18-9-6-15/h12H,5-11,15H2,1-4H3,(H,16,17). The lowest BCUT2D eigenvalue weighted by Crippen LogP contribution is -2.27. The van der Waals surface area contributed by atoms with E-state index in [1.54, 1.807) is 0 Å². The number of carbonyl (C=O) groups is 1. The van der Waals surface area contributed by atoms with Gasteiger partial charge in [-0.3, -0.25) is 4.79 Å². The quantitative estimate of drug-likeness (QED) is 0.621. The van der Waals surface area contributed by atoms with E-state index in [4.69, 9.17) is 10.5 Å². The van der Waals surface area contributed by atoms with Crippen molar-refractivity contribution in [2.24, 2.45) is 17.1 Å². The molecule has 0 saturated heterocycles. The molecule has 0 aromatic rings. The molecule has 1 amide bonds. The Kier molecular flexibility index (Phi) is 9.02. The molecule has 3 N–H and O–H groups in total. The molecule has 4 heteroatoms. The van der Waals surface area contributed by atoms with Gasteiger partial charge >= 0.3 is 0 Å². The Labute approximate surface area is 112 Å². The van der Waals surface area contributed by atoms with Crippen molar-refractivity contribution in [1.82, 2.24) is 5.32 Å². The second-order valence-corrected chi connectivity index (χ2v) is 6.18. The van der Waals surface area contributed by atoms with Gasteiger partial charge in [0.15, 0.2) is 0 Å². The van der Waals surface area contributed by atoms with Gasteiger partial charge in [0.2, 0.25) is 5.91 Å². The molecule has 0 aliphatic heterocycles. The first-order valence-corrected chi connectivity index (χ1v) is 6.89. The predicted octanol–water partition coefficient (Wildman–Crippen LogP) is 1.93. The fraction of sp³-hybridized carbons (Fsp3) is 0.929. The number of nitrogens with two attached hydrogens (primary N) is 1. The van der Waals surface area contributed by atoms with Crippen molar-refractivity contribution < 1.29 is 9.53 Å². The van der Waals surface area contributed by atoms with Crippen LogP contribution in [0.15, 0.2) is 0 Å². The van der Waals surface area contributed by atoms with Gasteiger partial charge in [-0.2, -0.15) is 0 Å². The molecule has 0 rings (SSSR count). The summed E-state index contributed by atoms with van der Waals surface area (Å²) >= 11 is 0. The van der Waals surface area contributed by atoms with Gasteiger partial charge in [0, 0.05) is 26.1 Å². The fourth-order valence-corrected chi connectivity index (χ4v) is 2.09. The van der Waals surface area contributed by atoms with Gasteiger partial charge in [0.05, 0.1) is 6.61 Å². The summed E-state index contributed by atoms with van der Waals surface area (Å²) in [5.74, 6) is 0.573. The van der Waals surface area contributed by atoms with Crippen LogP contribution in [0.1, 0.15) is 47.0 Å². The largest absolute Gasteiger partial charge is 0.380 e. The third kappa shape index (κ3) is 11.9. The molecule has 0 fully saturated rings. The molecule has 0 aliphatic rings. The van der Waals surface area contributed by atoms with Crippen LogP contribution < -0.4 is 11.1 Å². The molecule has 108 valence electrons. The second kappa shape index (κ2) is 9.34. The average molecular weight is 258 g/mol. The first-order chi connectivity index (χ1) is 8.35. The monoisotopic (exact) mass is 258 g/mol. The number of carbonyl (C=O) groups excluding carboxylic acids is 1. The molecule has 0 radical (unpaired) electrons. The van der Waals surface area contributed by atoms with E-state index in [1.165, 1.54) is 0 Å². The SMILES string of the molecule is CC(CC(=O)NCCCOCCN)CC(C)(C)C. The maximum Gasteiger partial charge on any atom is 0.220 e. The molecule has 0 aromatic carbocycles. The number of hydrogen-bond acceptors (Lipinski definition) is 3. The van der Waals surface area contributed by atoms with Gasteiger partial charge in [-0.25, -0.2) is 0 Å². The van der Waals surface area contributed by atoms with Gasteiger partial charge in [-0.05, 0) is 24.2 Å². The highest BCUT2D eigenvalue weighted by Crippen LogP contribution is 2.25. The Morgan fingerprint density at radius 1 is 1.33 bits per heavy atom. The maximum absolute atomic E-state index is 11.7. The zero-order chi connectivity index (χ0) is 14.0. The van der Waals surface area contributed by atoms with Crippen molar-refractivity contribution in [2.45, 2.75) is 47.0 Å². The zero-order valence-electron chi connectivity index (χ0n) is 12.4. The average Bonchev–Trinajstić information content (AvgIpc) is 2.20. The summed E-state index contributed by atoms with van der Waals surface area (Å²) in [6, 6.07) is 0. The van der Waals surface area contributed by atoms with Crippen LogP contribution >= 0.6 is 0 Å². The lowest BCUT2D eigenvalue weighted by molar-refractivity contribution is -0.122. The summed E-state index contributed by atoms with van der Waals surface area (Å²) in [6.07, 6.45) is 2.53. The summed E-state index contributed by atoms with van der Waals surface area (Å²) in [5, 5.41) is 2.93. The molecule has 0 bridgehead atoms. The zero-order valence-corrected chi connectivity index (χ0v) is 12.4. The third-order valence-electron chi connectivity index (χ3n) is 2.54. The molecule has 1 atom stereocenters. The number of hydrogen-bond donors (Lipinski definition) is 2. The molecule has 0 aliphatic carbocycles. The Morgan fingerprint density at radius 3 is 2.56 bits per heavy atom. The van der Waals surface area contributed by atoms with Crippen LogP contribution in [0.25, 0.3) is 0 Å². The molecule has 1 unspecified atom stereocenters. The second-order valence-electron chi connectivity index (χ2n) is 6.18. The number of rotatable bonds is 9. The van der Waals surface area contributed by atoms with Crippen molar-refractivity contribution in [2.75, 3.05) is 26.3 Å². The summed E-state index contributed by atoms with van der Waals surface area (Å²) in [7, 11) is 0. The lowest BCUT2D eigenvalue weighted by Gasteiger charge is -2.22. The van der Waals surface area contributed by atoms with Gasteiger partial charge in [-0.1, -0.05) is 27.7 Å². The predicted molar refractivity (Wildman–Crippen MR) is 75.4 cm³/mol. The van der Waals surface area contributed by atoms with Crippen molar-refractivity contribution in [1.29, 1.82) is 0 Å². The van der Waals surface area contributed by atoms with Gasteiger partial charge < -0.3 is 15.8 Å². The highest BCUT2D eigenvalue weighted by molar-refractivity contribution is 5.76. The normalized spacial score (nSPS) is 13.4. The summed E-state index contributed by atoms with van der Waals surface area (Å²) in [5.41, 5.74) is 5.59. The van der Waals surface area contributed by atoms with E-state index in [-0.39, 0.29) is 11.3 Å². The van der Waals surface area contributed by atoms with Crippen molar-refractivity contribution in [3.8, 4) is 0 Å². The van der Waals surface area contributed by atoms with Crippen LogP contribution in [-0.2, 0) is 9.53 Å². The summed E-state index contributed by atoms with van der Waals surface area (Å²) in [4.78, 5) is 11.7.